The SMILES string of the molecule is C=Cc1ccc(C(=O)O)cc1.Cl. The van der Waals surface area contributed by atoms with Crippen LogP contribution in [0.25, 0.3) is 6.08 Å². The maximum absolute atomic E-state index is 10.4. The van der Waals surface area contributed by atoms with Gasteiger partial charge >= 0.3 is 5.97 Å². The van der Waals surface area contributed by atoms with Gasteiger partial charge in [0.05, 0.1) is 5.56 Å². The molecule has 12 heavy (non-hydrogen) atoms. The van der Waals surface area contributed by atoms with E-state index >= 15 is 0 Å². The molecular weight excluding hydrogens is 176 g/mol. The van der Waals surface area contributed by atoms with Crippen molar-refractivity contribution in [2.75, 3.05) is 0 Å². The first-order valence-electron chi connectivity index (χ1n) is 3.20. The van der Waals surface area contributed by atoms with Crippen LogP contribution >= 0.6 is 12.4 Å². The summed E-state index contributed by atoms with van der Waals surface area (Å²) in [7, 11) is 0. The van der Waals surface area contributed by atoms with Gasteiger partial charge in [0.15, 0.2) is 0 Å². The van der Waals surface area contributed by atoms with Crippen LogP contribution in [0.5, 0.6) is 0 Å². The molecule has 0 amide bonds. The van der Waals surface area contributed by atoms with Crippen LogP contribution in [0.1, 0.15) is 15.9 Å². The Hall–Kier alpha value is -1.28. The smallest absolute Gasteiger partial charge is 0.335 e. The molecule has 3 heteroatoms. The first kappa shape index (κ1) is 10.7. The maximum Gasteiger partial charge on any atom is 0.335 e. The molecule has 0 saturated carbocycles. The number of carboxylic acids is 1. The minimum atomic E-state index is -0.902. The zero-order valence-corrected chi connectivity index (χ0v) is 7.17. The van der Waals surface area contributed by atoms with Gasteiger partial charge in [-0.1, -0.05) is 24.8 Å². The molecule has 0 unspecified atom stereocenters. The number of carboxylic acid groups (broad SMARTS) is 1. The summed E-state index contributed by atoms with van der Waals surface area (Å²) in [5.74, 6) is -0.902. The Bertz CT molecular complexity index is 277. The van der Waals surface area contributed by atoms with Crippen molar-refractivity contribution in [1.82, 2.24) is 0 Å². The summed E-state index contributed by atoms with van der Waals surface area (Å²) in [6, 6.07) is 6.55. The third kappa shape index (κ3) is 2.40. The molecule has 0 aliphatic carbocycles. The zero-order chi connectivity index (χ0) is 8.27. The number of carbonyl (C=O) groups is 1. The molecule has 0 spiro atoms. The van der Waals surface area contributed by atoms with E-state index in [2.05, 4.69) is 6.58 Å². The minimum absolute atomic E-state index is 0. The van der Waals surface area contributed by atoms with Gasteiger partial charge in [-0.15, -0.1) is 12.4 Å². The normalized spacial score (nSPS) is 8.33. The van der Waals surface area contributed by atoms with Crippen LogP contribution in [0.15, 0.2) is 30.8 Å². The second-order valence-electron chi connectivity index (χ2n) is 2.13. The van der Waals surface area contributed by atoms with Crippen LogP contribution in [-0.2, 0) is 0 Å². The third-order valence-electron chi connectivity index (χ3n) is 1.39. The van der Waals surface area contributed by atoms with Crippen molar-refractivity contribution in [2.24, 2.45) is 0 Å². The van der Waals surface area contributed by atoms with Crippen molar-refractivity contribution in [3.63, 3.8) is 0 Å². The largest absolute Gasteiger partial charge is 0.478 e. The maximum atomic E-state index is 10.4. The lowest BCUT2D eigenvalue weighted by molar-refractivity contribution is 0.0697. The van der Waals surface area contributed by atoms with E-state index in [-0.39, 0.29) is 12.4 Å². The lowest BCUT2D eigenvalue weighted by Gasteiger charge is -1.93. The van der Waals surface area contributed by atoms with Crippen LogP contribution in [0.3, 0.4) is 0 Å². The quantitative estimate of drug-likeness (QED) is 0.767. The van der Waals surface area contributed by atoms with E-state index in [1.54, 1.807) is 30.3 Å². The van der Waals surface area contributed by atoms with E-state index in [0.717, 1.165) is 5.56 Å². The van der Waals surface area contributed by atoms with Crippen molar-refractivity contribution in [3.05, 3.63) is 42.0 Å². The summed E-state index contributed by atoms with van der Waals surface area (Å²) in [4.78, 5) is 10.4. The number of hydrogen-bond donors (Lipinski definition) is 1. The molecule has 1 aromatic carbocycles. The Balaban J connectivity index is 0.00000121. The Kier molecular flexibility index (Phi) is 4.08. The molecule has 1 rings (SSSR count). The molecule has 0 radical (unpaired) electrons. The highest BCUT2D eigenvalue weighted by Crippen LogP contribution is 2.04. The highest BCUT2D eigenvalue weighted by Gasteiger charge is 1.99. The van der Waals surface area contributed by atoms with Gasteiger partial charge in [0.2, 0.25) is 0 Å². The van der Waals surface area contributed by atoms with Crippen LogP contribution in [0.2, 0.25) is 0 Å². The van der Waals surface area contributed by atoms with Crippen molar-refractivity contribution >= 4 is 24.5 Å². The Labute approximate surface area is 76.9 Å². The van der Waals surface area contributed by atoms with E-state index in [1.165, 1.54) is 0 Å². The summed E-state index contributed by atoms with van der Waals surface area (Å²) in [6.07, 6.45) is 1.67. The summed E-state index contributed by atoms with van der Waals surface area (Å²) in [6.45, 7) is 3.56. The van der Waals surface area contributed by atoms with Crippen LogP contribution in [0, 0.1) is 0 Å². The zero-order valence-electron chi connectivity index (χ0n) is 6.36. The molecule has 0 saturated heterocycles. The second kappa shape index (κ2) is 4.57. The van der Waals surface area contributed by atoms with Gasteiger partial charge in [-0.3, -0.25) is 0 Å². The standard InChI is InChI=1S/C9H8O2.ClH/c1-2-7-3-5-8(6-4-7)9(10)11;/h2-6H,1H2,(H,10,11);1H. The number of aromatic carboxylic acids is 1. The summed E-state index contributed by atoms with van der Waals surface area (Å²) >= 11 is 0. The van der Waals surface area contributed by atoms with Gasteiger partial charge in [0.25, 0.3) is 0 Å². The topological polar surface area (TPSA) is 37.3 Å². The van der Waals surface area contributed by atoms with Crippen molar-refractivity contribution in [3.8, 4) is 0 Å². The summed E-state index contributed by atoms with van der Waals surface area (Å²) in [5.41, 5.74) is 1.23. The summed E-state index contributed by atoms with van der Waals surface area (Å²) in [5, 5.41) is 8.52. The Morgan fingerprint density at radius 2 is 1.83 bits per heavy atom. The van der Waals surface area contributed by atoms with Crippen molar-refractivity contribution in [2.45, 2.75) is 0 Å². The molecule has 1 aromatic rings. The Morgan fingerprint density at radius 1 is 1.33 bits per heavy atom. The van der Waals surface area contributed by atoms with Gasteiger partial charge in [-0.05, 0) is 17.7 Å². The van der Waals surface area contributed by atoms with Crippen molar-refractivity contribution < 1.29 is 9.90 Å². The highest BCUT2D eigenvalue weighted by molar-refractivity contribution is 5.87. The third-order valence-corrected chi connectivity index (χ3v) is 1.39. The first-order valence-corrected chi connectivity index (χ1v) is 3.20. The fourth-order valence-corrected chi connectivity index (χ4v) is 0.762. The number of rotatable bonds is 2. The fraction of sp³-hybridized carbons (Fsp3) is 0. The van der Waals surface area contributed by atoms with Gasteiger partial charge < -0.3 is 5.11 Å². The highest BCUT2D eigenvalue weighted by atomic mass is 35.5. The van der Waals surface area contributed by atoms with Gasteiger partial charge in [0, 0.05) is 0 Å². The molecule has 64 valence electrons. The molecule has 0 bridgehead atoms. The van der Waals surface area contributed by atoms with Crippen LogP contribution in [-0.4, -0.2) is 11.1 Å². The predicted molar refractivity (Wildman–Crippen MR) is 50.7 cm³/mol. The molecule has 0 aromatic heterocycles. The van der Waals surface area contributed by atoms with Gasteiger partial charge in [-0.25, -0.2) is 4.79 Å². The lowest BCUT2D eigenvalue weighted by atomic mass is 10.1. The second-order valence-corrected chi connectivity index (χ2v) is 2.13. The van der Waals surface area contributed by atoms with E-state index in [1.807, 2.05) is 0 Å². The van der Waals surface area contributed by atoms with Gasteiger partial charge in [-0.2, -0.15) is 0 Å². The lowest BCUT2D eigenvalue weighted by Crippen LogP contribution is -1.94. The minimum Gasteiger partial charge on any atom is -0.478 e. The average Bonchev–Trinajstić information content (AvgIpc) is 2.05. The molecule has 2 nitrogen and oxygen atoms in total. The monoisotopic (exact) mass is 184 g/mol. The average molecular weight is 185 g/mol. The Morgan fingerprint density at radius 3 is 2.17 bits per heavy atom. The van der Waals surface area contributed by atoms with E-state index < -0.39 is 5.97 Å². The van der Waals surface area contributed by atoms with Crippen molar-refractivity contribution in [1.29, 1.82) is 0 Å². The molecule has 0 aliphatic heterocycles. The molecular formula is C9H9ClO2. The van der Waals surface area contributed by atoms with E-state index in [4.69, 9.17) is 5.11 Å². The van der Waals surface area contributed by atoms with E-state index in [9.17, 15) is 4.79 Å². The molecule has 0 aliphatic rings. The predicted octanol–water partition coefficient (Wildman–Crippen LogP) is 2.45. The first-order chi connectivity index (χ1) is 5.24. The number of halogens is 1. The number of hydrogen-bond acceptors (Lipinski definition) is 1. The molecule has 0 atom stereocenters. The summed E-state index contributed by atoms with van der Waals surface area (Å²) < 4.78 is 0. The molecule has 0 fully saturated rings. The fourth-order valence-electron chi connectivity index (χ4n) is 0.762. The molecule has 1 N–H and O–H groups in total. The van der Waals surface area contributed by atoms with Gasteiger partial charge in [0.1, 0.15) is 0 Å². The van der Waals surface area contributed by atoms with Crippen LogP contribution < -0.4 is 0 Å². The molecule has 0 heterocycles. The van der Waals surface area contributed by atoms with E-state index in [0.29, 0.717) is 5.56 Å². The van der Waals surface area contributed by atoms with Crippen LogP contribution in [0.4, 0.5) is 0 Å². The number of benzene rings is 1.